The van der Waals surface area contributed by atoms with Gasteiger partial charge in [0.15, 0.2) is 6.61 Å². The molecule has 2 atom stereocenters. The van der Waals surface area contributed by atoms with Gasteiger partial charge in [-0.25, -0.2) is 4.39 Å². The number of amides is 2. The van der Waals surface area contributed by atoms with E-state index in [4.69, 9.17) is 16.3 Å². The fourth-order valence-corrected chi connectivity index (χ4v) is 6.48. The summed E-state index contributed by atoms with van der Waals surface area (Å²) in [6.45, 7) is 6.14. The molecule has 0 bridgehead atoms. The third-order valence-corrected chi connectivity index (χ3v) is 9.28. The molecule has 2 heterocycles. The van der Waals surface area contributed by atoms with Crippen LogP contribution in [0.25, 0.3) is 0 Å². The lowest BCUT2D eigenvalue weighted by molar-refractivity contribution is -0.141. The summed E-state index contributed by atoms with van der Waals surface area (Å²) in [5.74, 6) is -1.22. The van der Waals surface area contributed by atoms with Crippen LogP contribution < -0.4 is 4.74 Å². The van der Waals surface area contributed by atoms with E-state index in [2.05, 4.69) is 4.90 Å². The molecule has 2 amide bonds. The molecular formula is C35H36ClF7N4O3. The van der Waals surface area contributed by atoms with Gasteiger partial charge < -0.3 is 14.5 Å². The molecule has 3 aromatic rings. The molecule has 50 heavy (non-hydrogen) atoms. The number of halogens is 8. The number of alkyl halides is 6. The van der Waals surface area contributed by atoms with Crippen molar-refractivity contribution in [3.8, 4) is 5.75 Å². The molecule has 2 fully saturated rings. The van der Waals surface area contributed by atoms with E-state index in [1.54, 1.807) is 35.2 Å². The molecule has 0 aromatic heterocycles. The second-order valence-electron chi connectivity index (χ2n) is 12.7. The lowest BCUT2D eigenvalue weighted by Gasteiger charge is -2.44. The van der Waals surface area contributed by atoms with E-state index in [-0.39, 0.29) is 75.3 Å². The van der Waals surface area contributed by atoms with Crippen molar-refractivity contribution in [2.75, 3.05) is 45.9 Å². The molecule has 7 nitrogen and oxygen atoms in total. The second-order valence-corrected chi connectivity index (χ2v) is 13.1. The highest BCUT2D eigenvalue weighted by Gasteiger charge is 2.40. The van der Waals surface area contributed by atoms with Gasteiger partial charge in [-0.15, -0.1) is 0 Å². The van der Waals surface area contributed by atoms with E-state index in [1.807, 2.05) is 18.7 Å². The van der Waals surface area contributed by atoms with Crippen LogP contribution in [0.5, 0.6) is 5.75 Å². The molecule has 5 rings (SSSR count). The van der Waals surface area contributed by atoms with Crippen molar-refractivity contribution in [2.24, 2.45) is 0 Å². The Bertz CT molecular complexity index is 1680. The molecule has 0 radical (unpaired) electrons. The van der Waals surface area contributed by atoms with Crippen LogP contribution in [-0.2, 0) is 30.2 Å². The molecule has 0 unspecified atom stereocenters. The number of hydrogen-bond acceptors (Lipinski definition) is 5. The molecule has 3 aromatic carbocycles. The molecule has 15 heteroatoms. The van der Waals surface area contributed by atoms with E-state index < -0.39 is 35.0 Å². The minimum absolute atomic E-state index is 0.0230. The number of ether oxygens (including phenoxy) is 1. The average Bonchev–Trinajstić information content (AvgIpc) is 3.05. The summed E-state index contributed by atoms with van der Waals surface area (Å²) in [4.78, 5) is 33.4. The first-order chi connectivity index (χ1) is 23.5. The maximum atomic E-state index is 13.6. The number of carbonyl (C=O) groups is 2. The van der Waals surface area contributed by atoms with Crippen LogP contribution in [0.3, 0.4) is 0 Å². The zero-order chi connectivity index (χ0) is 36.4. The highest BCUT2D eigenvalue weighted by Crippen LogP contribution is 2.37. The number of carbonyl (C=O) groups excluding carboxylic acids is 2. The number of hydrogen-bond donors (Lipinski definition) is 0. The first kappa shape index (κ1) is 37.4. The number of benzene rings is 3. The molecule has 2 aliphatic rings. The summed E-state index contributed by atoms with van der Waals surface area (Å²) < 4.78 is 100.0. The maximum absolute atomic E-state index is 13.6. The molecule has 0 N–H and O–H groups in total. The van der Waals surface area contributed by atoms with Gasteiger partial charge in [-0.2, -0.15) is 26.3 Å². The van der Waals surface area contributed by atoms with Gasteiger partial charge >= 0.3 is 12.4 Å². The first-order valence-electron chi connectivity index (χ1n) is 16.0. The van der Waals surface area contributed by atoms with Crippen molar-refractivity contribution in [2.45, 2.75) is 51.4 Å². The van der Waals surface area contributed by atoms with Crippen molar-refractivity contribution < 1.29 is 45.1 Å². The Morgan fingerprint density at radius 1 is 0.820 bits per heavy atom. The van der Waals surface area contributed by atoms with Gasteiger partial charge in [0.2, 0.25) is 0 Å². The molecule has 0 saturated carbocycles. The zero-order valence-corrected chi connectivity index (χ0v) is 28.1. The van der Waals surface area contributed by atoms with Gasteiger partial charge in [-0.1, -0.05) is 23.7 Å². The Morgan fingerprint density at radius 3 is 2.14 bits per heavy atom. The third kappa shape index (κ3) is 9.07. The van der Waals surface area contributed by atoms with E-state index >= 15 is 0 Å². The van der Waals surface area contributed by atoms with Gasteiger partial charge in [0.05, 0.1) is 16.7 Å². The van der Waals surface area contributed by atoms with Crippen molar-refractivity contribution in [1.29, 1.82) is 0 Å². The summed E-state index contributed by atoms with van der Waals surface area (Å²) in [6, 6.07) is 12.1. The topological polar surface area (TPSA) is 56.3 Å². The SMILES string of the molecule is C[C@@H]1CN(C(=O)COc2ccc(Cl)cc2CN2CCN(C(=O)c3cc(C(F)(F)F)ccc3C(F)(F)F)CC2)[C@@H](C)CN1Cc1ccc(F)cc1. The van der Waals surface area contributed by atoms with E-state index in [9.17, 15) is 40.3 Å². The number of piperazine rings is 2. The molecule has 270 valence electrons. The Hall–Kier alpha value is -3.88. The predicted octanol–water partition coefficient (Wildman–Crippen LogP) is 6.97. The average molecular weight is 729 g/mol. The lowest BCUT2D eigenvalue weighted by atomic mass is 10.0. The van der Waals surface area contributed by atoms with Crippen molar-refractivity contribution >= 4 is 23.4 Å². The molecule has 0 spiro atoms. The minimum atomic E-state index is -5.02. The molecule has 2 saturated heterocycles. The van der Waals surface area contributed by atoms with Gasteiger partial charge in [0, 0.05) is 75.0 Å². The fraction of sp³-hybridized carbons (Fsp3) is 0.429. The zero-order valence-electron chi connectivity index (χ0n) is 27.3. The summed E-state index contributed by atoms with van der Waals surface area (Å²) >= 11 is 6.27. The standard InChI is InChI=1S/C35H36ClF7N4O3/c1-22-18-47(23(2)17-46(22)19-24-3-7-28(37)8-4-24)32(48)21-50-31-10-6-27(36)15-25(31)20-44-11-13-45(14-12-44)33(49)29-16-26(34(38,39)40)5-9-30(29)35(41,42)43/h3-10,15-16,22-23H,11-14,17-21H2,1-2H3/t22-,23+/m1/s1. The second kappa shape index (κ2) is 15.2. The third-order valence-electron chi connectivity index (χ3n) is 9.04. The monoisotopic (exact) mass is 728 g/mol. The van der Waals surface area contributed by atoms with Crippen LogP contribution in [0.4, 0.5) is 30.7 Å². The normalized spacial score (nSPS) is 19.5. The highest BCUT2D eigenvalue weighted by atomic mass is 35.5. The van der Waals surface area contributed by atoms with Crippen molar-refractivity contribution in [3.05, 3.63) is 99.3 Å². The van der Waals surface area contributed by atoms with Crippen LogP contribution in [0, 0.1) is 5.82 Å². The Labute approximate surface area is 290 Å². The number of rotatable bonds is 8. The Kier molecular flexibility index (Phi) is 11.3. The smallest absolute Gasteiger partial charge is 0.417 e. The Morgan fingerprint density at radius 2 is 1.50 bits per heavy atom. The van der Waals surface area contributed by atoms with E-state index in [0.29, 0.717) is 42.0 Å². The maximum Gasteiger partial charge on any atom is 0.417 e. The Balaban J connectivity index is 1.18. The highest BCUT2D eigenvalue weighted by molar-refractivity contribution is 6.30. The van der Waals surface area contributed by atoms with Gasteiger partial charge in [-0.05, 0) is 67.9 Å². The van der Waals surface area contributed by atoms with Crippen LogP contribution >= 0.6 is 11.6 Å². The summed E-state index contributed by atoms with van der Waals surface area (Å²) in [6.07, 6.45) is -9.94. The molecular weight excluding hydrogens is 693 g/mol. The molecule has 2 aliphatic heterocycles. The quantitative estimate of drug-likeness (QED) is 0.235. The fourth-order valence-electron chi connectivity index (χ4n) is 6.29. The first-order valence-corrected chi connectivity index (χ1v) is 16.4. The van der Waals surface area contributed by atoms with Crippen molar-refractivity contribution in [3.63, 3.8) is 0 Å². The lowest BCUT2D eigenvalue weighted by Crippen LogP contribution is -2.58. The van der Waals surface area contributed by atoms with Gasteiger partial charge in [0.25, 0.3) is 11.8 Å². The largest absolute Gasteiger partial charge is 0.483 e. The van der Waals surface area contributed by atoms with Crippen LogP contribution in [0.15, 0.2) is 60.7 Å². The van der Waals surface area contributed by atoms with Crippen LogP contribution in [0.1, 0.15) is 46.5 Å². The molecule has 0 aliphatic carbocycles. The van der Waals surface area contributed by atoms with Gasteiger partial charge in [0.1, 0.15) is 11.6 Å². The van der Waals surface area contributed by atoms with Crippen LogP contribution in [0.2, 0.25) is 5.02 Å². The summed E-state index contributed by atoms with van der Waals surface area (Å²) in [7, 11) is 0. The summed E-state index contributed by atoms with van der Waals surface area (Å²) in [5, 5.41) is 0.413. The van der Waals surface area contributed by atoms with Crippen molar-refractivity contribution in [1.82, 2.24) is 19.6 Å². The van der Waals surface area contributed by atoms with Crippen LogP contribution in [-0.4, -0.2) is 89.4 Å². The van der Waals surface area contributed by atoms with Gasteiger partial charge in [-0.3, -0.25) is 19.4 Å². The van der Waals surface area contributed by atoms with E-state index in [0.717, 1.165) is 10.5 Å². The minimum Gasteiger partial charge on any atom is -0.483 e. The number of nitrogens with zero attached hydrogens (tertiary/aromatic N) is 4. The summed E-state index contributed by atoms with van der Waals surface area (Å²) in [5.41, 5.74) is -2.19. The van der Waals surface area contributed by atoms with E-state index in [1.165, 1.54) is 12.1 Å². The predicted molar refractivity (Wildman–Crippen MR) is 172 cm³/mol.